The summed E-state index contributed by atoms with van der Waals surface area (Å²) in [4.78, 5) is 0. The largest absolute Gasteiger partial charge is 0.504 e. The summed E-state index contributed by atoms with van der Waals surface area (Å²) in [6.07, 6.45) is 0. The Balaban J connectivity index is 1.88. The number of hydrogen-bond acceptors (Lipinski definition) is 10. The third kappa shape index (κ3) is 4.46. The van der Waals surface area contributed by atoms with Crippen molar-refractivity contribution in [2.45, 2.75) is 37.9 Å². The average molecular weight is 472 g/mol. The lowest BCUT2D eigenvalue weighted by molar-refractivity contribution is 0.300. The molecule has 3 aromatic heterocycles. The van der Waals surface area contributed by atoms with E-state index < -0.39 is 10.0 Å². The molecule has 0 aromatic carbocycles. The molecule has 30 heavy (non-hydrogen) atoms. The molecule has 12 heteroatoms. The molecular formula is C18H25N5O4S3. The Morgan fingerprint density at radius 2 is 1.87 bits per heavy atom. The predicted octanol–water partition coefficient (Wildman–Crippen LogP) is 4.40. The molecule has 0 aliphatic heterocycles. The second kappa shape index (κ2) is 8.17. The molecule has 0 saturated heterocycles. The van der Waals surface area contributed by atoms with Gasteiger partial charge in [0, 0.05) is 19.5 Å². The maximum absolute atomic E-state index is 12.4. The predicted molar refractivity (Wildman–Crippen MR) is 119 cm³/mol. The van der Waals surface area contributed by atoms with E-state index in [2.05, 4.69) is 40.2 Å². The van der Waals surface area contributed by atoms with E-state index >= 15 is 0 Å². The van der Waals surface area contributed by atoms with Gasteiger partial charge >= 0.3 is 0 Å². The molecule has 3 rings (SSSR count). The van der Waals surface area contributed by atoms with Crippen LogP contribution in [-0.4, -0.2) is 40.7 Å². The Hall–Kier alpha value is -2.15. The van der Waals surface area contributed by atoms with Crippen molar-refractivity contribution in [1.82, 2.24) is 13.1 Å². The summed E-state index contributed by atoms with van der Waals surface area (Å²) in [5, 5.41) is 18.3. The standard InChI is InChI=1S/C18H25N5O4S3/c1-10-7-8-12(27-10)14(18(2,3)4)20-16-15(21-29-22-16)19-11-9-28-17(13(11)24)30(25,26)23(5)6/h7-9,14,24H,1-6H3,(H,19,21)(H,20,22)/t14-/m0/s1. The molecule has 0 aliphatic rings. The van der Waals surface area contributed by atoms with Crippen LogP contribution in [0.1, 0.15) is 38.3 Å². The molecule has 3 aromatic rings. The molecule has 0 unspecified atom stereocenters. The summed E-state index contributed by atoms with van der Waals surface area (Å²) in [5.74, 6) is 2.11. The Morgan fingerprint density at radius 3 is 2.43 bits per heavy atom. The molecule has 3 N–H and O–H groups in total. The number of hydrogen-bond donors (Lipinski definition) is 3. The van der Waals surface area contributed by atoms with Gasteiger partial charge in [-0.15, -0.1) is 11.3 Å². The first kappa shape index (κ1) is 22.5. The SMILES string of the molecule is Cc1ccc([C@H](Nc2nsnc2Nc2csc(S(=O)(=O)N(C)C)c2O)C(C)(C)C)o1. The maximum Gasteiger partial charge on any atom is 0.255 e. The Bertz CT molecular complexity index is 1130. The minimum absolute atomic E-state index is 0.133. The van der Waals surface area contributed by atoms with Gasteiger partial charge in [0.1, 0.15) is 11.5 Å². The number of aryl methyl sites for hydroxylation is 1. The molecule has 0 radical (unpaired) electrons. The first-order chi connectivity index (χ1) is 13.9. The van der Waals surface area contributed by atoms with E-state index in [4.69, 9.17) is 4.42 Å². The Kier molecular flexibility index (Phi) is 6.14. The monoisotopic (exact) mass is 471 g/mol. The summed E-state index contributed by atoms with van der Waals surface area (Å²) < 4.78 is 40.0. The molecule has 9 nitrogen and oxygen atoms in total. The smallest absolute Gasteiger partial charge is 0.255 e. The zero-order chi connectivity index (χ0) is 22.3. The van der Waals surface area contributed by atoms with E-state index in [1.165, 1.54) is 19.5 Å². The third-order valence-corrected chi connectivity index (χ3v) is 8.21. The van der Waals surface area contributed by atoms with Gasteiger partial charge in [0.25, 0.3) is 10.0 Å². The number of aromatic hydroxyl groups is 1. The highest BCUT2D eigenvalue weighted by atomic mass is 32.2. The normalized spacial score (nSPS) is 13.6. The fraction of sp³-hybridized carbons (Fsp3) is 0.444. The van der Waals surface area contributed by atoms with Crippen LogP contribution in [0.3, 0.4) is 0 Å². The summed E-state index contributed by atoms with van der Waals surface area (Å²) in [5.41, 5.74) is 0.0557. The summed E-state index contributed by atoms with van der Waals surface area (Å²) >= 11 is 1.94. The summed E-state index contributed by atoms with van der Waals surface area (Å²) in [6.45, 7) is 8.13. The van der Waals surface area contributed by atoms with E-state index in [-0.39, 0.29) is 27.1 Å². The Morgan fingerprint density at radius 1 is 1.20 bits per heavy atom. The Labute approximate surface area is 184 Å². The first-order valence-corrected chi connectivity index (χ1v) is 12.1. The number of furan rings is 1. The number of nitrogens with zero attached hydrogens (tertiary/aromatic N) is 3. The number of thiophene rings is 1. The average Bonchev–Trinajstić information content (AvgIpc) is 3.34. The van der Waals surface area contributed by atoms with Crippen LogP contribution in [0.4, 0.5) is 17.3 Å². The van der Waals surface area contributed by atoms with E-state index in [0.717, 1.165) is 38.9 Å². The van der Waals surface area contributed by atoms with Crippen LogP contribution in [0.5, 0.6) is 5.75 Å². The molecule has 0 spiro atoms. The quantitative estimate of drug-likeness (QED) is 0.464. The highest BCUT2D eigenvalue weighted by Gasteiger charge is 2.31. The fourth-order valence-electron chi connectivity index (χ4n) is 2.72. The van der Waals surface area contributed by atoms with Gasteiger partial charge in [-0.2, -0.15) is 8.75 Å². The lowest BCUT2D eigenvalue weighted by atomic mass is 9.85. The number of anilines is 3. The zero-order valence-electron chi connectivity index (χ0n) is 17.5. The van der Waals surface area contributed by atoms with Crippen LogP contribution in [0.25, 0.3) is 0 Å². The van der Waals surface area contributed by atoms with Crippen LogP contribution >= 0.6 is 23.1 Å². The van der Waals surface area contributed by atoms with Gasteiger partial charge in [0.05, 0.1) is 23.5 Å². The molecule has 164 valence electrons. The van der Waals surface area contributed by atoms with Crippen LogP contribution in [0.2, 0.25) is 0 Å². The topological polar surface area (TPSA) is 121 Å². The van der Waals surface area contributed by atoms with Crippen molar-refractivity contribution in [3.63, 3.8) is 0 Å². The zero-order valence-corrected chi connectivity index (χ0v) is 20.0. The van der Waals surface area contributed by atoms with Crippen molar-refractivity contribution in [3.8, 4) is 5.75 Å². The van der Waals surface area contributed by atoms with Gasteiger partial charge in [-0.1, -0.05) is 20.8 Å². The van der Waals surface area contributed by atoms with Crippen molar-refractivity contribution in [1.29, 1.82) is 0 Å². The van der Waals surface area contributed by atoms with Crippen molar-refractivity contribution in [2.75, 3.05) is 24.7 Å². The van der Waals surface area contributed by atoms with Crippen molar-refractivity contribution < 1.29 is 17.9 Å². The van der Waals surface area contributed by atoms with Crippen molar-refractivity contribution in [3.05, 3.63) is 29.0 Å². The minimum atomic E-state index is -3.75. The van der Waals surface area contributed by atoms with Gasteiger partial charge < -0.3 is 20.2 Å². The molecular weight excluding hydrogens is 446 g/mol. The van der Waals surface area contributed by atoms with Crippen molar-refractivity contribution in [2.24, 2.45) is 5.41 Å². The molecule has 1 atom stereocenters. The molecule has 0 fully saturated rings. The lowest BCUT2D eigenvalue weighted by Crippen LogP contribution is -2.25. The molecule has 3 heterocycles. The number of sulfonamides is 1. The van der Waals surface area contributed by atoms with Crippen molar-refractivity contribution >= 4 is 50.4 Å². The molecule has 0 aliphatic carbocycles. The fourth-order valence-corrected chi connectivity index (χ4v) is 5.58. The van der Waals surface area contributed by atoms with Gasteiger partial charge in [-0.25, -0.2) is 12.7 Å². The molecule has 0 saturated carbocycles. The second-order valence-corrected chi connectivity index (χ2v) is 11.8. The van der Waals surface area contributed by atoms with Crippen LogP contribution in [0, 0.1) is 12.3 Å². The third-order valence-electron chi connectivity index (χ3n) is 4.38. The summed E-state index contributed by atoms with van der Waals surface area (Å²) in [7, 11) is -0.920. The lowest BCUT2D eigenvalue weighted by Gasteiger charge is -2.30. The highest BCUT2D eigenvalue weighted by Crippen LogP contribution is 2.42. The van der Waals surface area contributed by atoms with E-state index in [1.54, 1.807) is 0 Å². The highest BCUT2D eigenvalue weighted by molar-refractivity contribution is 7.91. The first-order valence-electron chi connectivity index (χ1n) is 9.06. The molecule has 0 amide bonds. The van der Waals surface area contributed by atoms with E-state index in [9.17, 15) is 13.5 Å². The van der Waals surface area contributed by atoms with Gasteiger partial charge in [0.2, 0.25) is 0 Å². The van der Waals surface area contributed by atoms with Gasteiger partial charge in [-0.3, -0.25) is 0 Å². The van der Waals surface area contributed by atoms with Crippen LogP contribution < -0.4 is 10.6 Å². The second-order valence-electron chi connectivity index (χ2n) is 8.05. The van der Waals surface area contributed by atoms with E-state index in [0.29, 0.717) is 11.6 Å². The van der Waals surface area contributed by atoms with Crippen LogP contribution in [0.15, 0.2) is 26.1 Å². The number of nitrogens with one attached hydrogen (secondary N) is 2. The van der Waals surface area contributed by atoms with Crippen LogP contribution in [-0.2, 0) is 10.0 Å². The number of rotatable bonds is 7. The molecule has 0 bridgehead atoms. The number of aromatic nitrogens is 2. The van der Waals surface area contributed by atoms with Gasteiger partial charge in [-0.05, 0) is 24.5 Å². The summed E-state index contributed by atoms with van der Waals surface area (Å²) in [6, 6.07) is 3.65. The van der Waals surface area contributed by atoms with Gasteiger partial charge in [0.15, 0.2) is 21.6 Å². The minimum Gasteiger partial charge on any atom is -0.504 e. The van der Waals surface area contributed by atoms with E-state index in [1.807, 2.05) is 19.1 Å². The maximum atomic E-state index is 12.4.